The number of hydrogen-bond donors (Lipinski definition) is 1. The number of aromatic nitrogens is 2. The van der Waals surface area contributed by atoms with Gasteiger partial charge in [0.2, 0.25) is 0 Å². The molecule has 1 aliphatic rings. The zero-order valence-corrected chi connectivity index (χ0v) is 13.9. The van der Waals surface area contributed by atoms with Gasteiger partial charge < -0.3 is 14.6 Å². The van der Waals surface area contributed by atoms with E-state index in [-0.39, 0.29) is 5.60 Å². The minimum atomic E-state index is -0.0301. The third kappa shape index (κ3) is 4.07. The predicted molar refractivity (Wildman–Crippen MR) is 86.4 cm³/mol. The van der Waals surface area contributed by atoms with E-state index in [9.17, 15) is 0 Å². The first-order valence-corrected chi connectivity index (χ1v) is 8.46. The SMILES string of the molecule is CCCNC(Cc1nccn1C)C1(OC)CCCCCC1. The van der Waals surface area contributed by atoms with E-state index in [0.717, 1.165) is 38.1 Å². The van der Waals surface area contributed by atoms with Crippen LogP contribution in [0.2, 0.25) is 0 Å². The van der Waals surface area contributed by atoms with Gasteiger partial charge in [-0.05, 0) is 25.8 Å². The minimum absolute atomic E-state index is 0.0301. The highest BCUT2D eigenvalue weighted by molar-refractivity contribution is 5.02. The molecule has 0 bridgehead atoms. The highest BCUT2D eigenvalue weighted by Gasteiger charge is 2.39. The molecular formula is C17H31N3O. The van der Waals surface area contributed by atoms with E-state index in [0.29, 0.717) is 6.04 Å². The molecule has 4 nitrogen and oxygen atoms in total. The Kier molecular flexibility index (Phi) is 6.24. The van der Waals surface area contributed by atoms with Crippen LogP contribution in [0, 0.1) is 0 Å². The number of methoxy groups -OCH3 is 1. The molecule has 21 heavy (non-hydrogen) atoms. The Morgan fingerprint density at radius 3 is 2.57 bits per heavy atom. The van der Waals surface area contributed by atoms with Gasteiger partial charge in [-0.3, -0.25) is 0 Å². The van der Waals surface area contributed by atoms with Crippen LogP contribution < -0.4 is 5.32 Å². The summed E-state index contributed by atoms with van der Waals surface area (Å²) in [5.41, 5.74) is -0.0301. The molecule has 120 valence electrons. The van der Waals surface area contributed by atoms with Crippen LogP contribution in [0.3, 0.4) is 0 Å². The van der Waals surface area contributed by atoms with Crippen molar-refractivity contribution in [3.63, 3.8) is 0 Å². The fourth-order valence-corrected chi connectivity index (χ4v) is 3.56. The third-order valence-corrected chi connectivity index (χ3v) is 4.94. The summed E-state index contributed by atoms with van der Waals surface area (Å²) in [6, 6.07) is 0.349. The van der Waals surface area contributed by atoms with Crippen molar-refractivity contribution >= 4 is 0 Å². The molecule has 0 amide bonds. The Morgan fingerprint density at radius 2 is 2.05 bits per heavy atom. The van der Waals surface area contributed by atoms with Crippen LogP contribution in [0.15, 0.2) is 12.4 Å². The maximum absolute atomic E-state index is 6.11. The summed E-state index contributed by atoms with van der Waals surface area (Å²) in [6.45, 7) is 3.26. The van der Waals surface area contributed by atoms with E-state index in [4.69, 9.17) is 4.74 Å². The maximum atomic E-state index is 6.11. The van der Waals surface area contributed by atoms with Gasteiger partial charge in [-0.1, -0.05) is 32.6 Å². The number of ether oxygens (including phenoxy) is 1. The lowest BCUT2D eigenvalue weighted by Crippen LogP contribution is -2.53. The van der Waals surface area contributed by atoms with Crippen LogP contribution in [0.25, 0.3) is 0 Å². The predicted octanol–water partition coefficient (Wildman–Crippen LogP) is 3.07. The summed E-state index contributed by atoms with van der Waals surface area (Å²) in [7, 11) is 3.97. The second kappa shape index (κ2) is 7.95. The molecule has 1 fully saturated rings. The molecular weight excluding hydrogens is 262 g/mol. The molecule has 0 aromatic carbocycles. The molecule has 1 unspecified atom stereocenters. The summed E-state index contributed by atoms with van der Waals surface area (Å²) >= 11 is 0. The van der Waals surface area contributed by atoms with Gasteiger partial charge in [-0.15, -0.1) is 0 Å². The van der Waals surface area contributed by atoms with Crippen LogP contribution in [-0.4, -0.2) is 34.8 Å². The molecule has 0 aliphatic heterocycles. The number of imidazole rings is 1. The van der Waals surface area contributed by atoms with E-state index < -0.39 is 0 Å². The quantitative estimate of drug-likeness (QED) is 0.785. The van der Waals surface area contributed by atoms with Gasteiger partial charge in [0.1, 0.15) is 5.82 Å². The Bertz CT molecular complexity index is 408. The minimum Gasteiger partial charge on any atom is -0.377 e. The first-order valence-electron chi connectivity index (χ1n) is 8.46. The Labute approximate surface area is 129 Å². The smallest absolute Gasteiger partial charge is 0.110 e. The molecule has 0 saturated heterocycles. The standard InChI is InChI=1S/C17H31N3O/c1-4-11-18-15(14-16-19-12-13-20(16)2)17(21-3)9-7-5-6-8-10-17/h12-13,15,18H,4-11,14H2,1-3H3. The number of nitrogens with zero attached hydrogens (tertiary/aromatic N) is 2. The van der Waals surface area contributed by atoms with Gasteiger partial charge in [0.05, 0.1) is 5.60 Å². The van der Waals surface area contributed by atoms with Crippen molar-refractivity contribution in [2.75, 3.05) is 13.7 Å². The van der Waals surface area contributed by atoms with Crippen molar-refractivity contribution in [3.05, 3.63) is 18.2 Å². The Morgan fingerprint density at radius 1 is 1.33 bits per heavy atom. The van der Waals surface area contributed by atoms with E-state index >= 15 is 0 Å². The average molecular weight is 293 g/mol. The number of nitrogens with one attached hydrogen (secondary N) is 1. The first-order chi connectivity index (χ1) is 10.2. The van der Waals surface area contributed by atoms with E-state index in [1.54, 1.807) is 0 Å². The van der Waals surface area contributed by atoms with Gasteiger partial charge in [-0.25, -0.2) is 4.98 Å². The van der Waals surface area contributed by atoms with E-state index in [1.807, 2.05) is 19.5 Å². The first kappa shape index (κ1) is 16.5. The summed E-state index contributed by atoms with van der Waals surface area (Å²) in [5, 5.41) is 3.75. The molecule has 1 N–H and O–H groups in total. The maximum Gasteiger partial charge on any atom is 0.110 e. The zero-order chi connectivity index (χ0) is 15.1. The van der Waals surface area contributed by atoms with Crippen molar-refractivity contribution in [1.29, 1.82) is 0 Å². The highest BCUT2D eigenvalue weighted by atomic mass is 16.5. The molecule has 4 heteroatoms. The van der Waals surface area contributed by atoms with Crippen LogP contribution in [-0.2, 0) is 18.2 Å². The van der Waals surface area contributed by atoms with Gasteiger partial charge >= 0.3 is 0 Å². The third-order valence-electron chi connectivity index (χ3n) is 4.94. The van der Waals surface area contributed by atoms with Crippen LogP contribution >= 0.6 is 0 Å². The van der Waals surface area contributed by atoms with Crippen LogP contribution in [0.4, 0.5) is 0 Å². The summed E-state index contributed by atoms with van der Waals surface area (Å²) in [5.74, 6) is 1.14. The van der Waals surface area contributed by atoms with Gasteiger partial charge in [0.25, 0.3) is 0 Å². The van der Waals surface area contributed by atoms with E-state index in [1.165, 1.54) is 25.7 Å². The fraction of sp³-hybridized carbons (Fsp3) is 0.824. The summed E-state index contributed by atoms with van der Waals surface area (Å²) in [6.07, 6.45) is 13.6. The van der Waals surface area contributed by atoms with Gasteiger partial charge in [0.15, 0.2) is 0 Å². The molecule has 1 saturated carbocycles. The average Bonchev–Trinajstić information content (AvgIpc) is 2.77. The molecule has 0 spiro atoms. The molecule has 1 heterocycles. The second-order valence-corrected chi connectivity index (χ2v) is 6.35. The van der Waals surface area contributed by atoms with Crippen molar-refractivity contribution in [3.8, 4) is 0 Å². The molecule has 1 atom stereocenters. The Hall–Kier alpha value is -0.870. The Balaban J connectivity index is 2.17. The van der Waals surface area contributed by atoms with Gasteiger partial charge in [0, 0.05) is 39.0 Å². The van der Waals surface area contributed by atoms with E-state index in [2.05, 4.69) is 28.8 Å². The fourth-order valence-electron chi connectivity index (χ4n) is 3.56. The monoisotopic (exact) mass is 293 g/mol. The summed E-state index contributed by atoms with van der Waals surface area (Å²) < 4.78 is 8.23. The number of rotatable bonds is 7. The lowest BCUT2D eigenvalue weighted by atomic mass is 9.84. The van der Waals surface area contributed by atoms with Crippen molar-refractivity contribution < 1.29 is 4.74 Å². The second-order valence-electron chi connectivity index (χ2n) is 6.35. The van der Waals surface area contributed by atoms with Gasteiger partial charge in [-0.2, -0.15) is 0 Å². The molecule has 1 aromatic heterocycles. The molecule has 1 aromatic rings. The lowest BCUT2D eigenvalue weighted by Gasteiger charge is -2.40. The zero-order valence-electron chi connectivity index (χ0n) is 13.9. The number of aryl methyl sites for hydroxylation is 1. The van der Waals surface area contributed by atoms with Crippen molar-refractivity contribution in [2.24, 2.45) is 7.05 Å². The van der Waals surface area contributed by atoms with Crippen molar-refractivity contribution in [1.82, 2.24) is 14.9 Å². The van der Waals surface area contributed by atoms with Crippen LogP contribution in [0.5, 0.6) is 0 Å². The lowest BCUT2D eigenvalue weighted by molar-refractivity contribution is -0.0531. The highest BCUT2D eigenvalue weighted by Crippen LogP contribution is 2.34. The topological polar surface area (TPSA) is 39.1 Å². The molecule has 0 radical (unpaired) electrons. The van der Waals surface area contributed by atoms with Crippen molar-refractivity contribution in [2.45, 2.75) is 69.9 Å². The van der Waals surface area contributed by atoms with Crippen LogP contribution in [0.1, 0.15) is 57.7 Å². The number of hydrogen-bond acceptors (Lipinski definition) is 3. The molecule has 1 aliphatic carbocycles. The normalized spacial score (nSPS) is 20.1. The summed E-state index contributed by atoms with van der Waals surface area (Å²) in [4.78, 5) is 4.51. The molecule has 2 rings (SSSR count). The largest absolute Gasteiger partial charge is 0.377 e.